The van der Waals surface area contributed by atoms with Crippen molar-refractivity contribution in [3.8, 4) is 11.3 Å². The molecule has 7 heteroatoms. The van der Waals surface area contributed by atoms with Crippen LogP contribution in [-0.4, -0.2) is 20.9 Å². The SMILES string of the molecule is Cc1ccncc1-c1cnc(NC(=O)c2c(F)cccc2F)cn1. The molecule has 0 fully saturated rings. The van der Waals surface area contributed by atoms with E-state index >= 15 is 0 Å². The number of aryl methyl sites for hydroxylation is 1. The molecule has 0 saturated heterocycles. The maximum absolute atomic E-state index is 13.6. The van der Waals surface area contributed by atoms with Gasteiger partial charge in [-0.25, -0.2) is 13.8 Å². The van der Waals surface area contributed by atoms with Crippen molar-refractivity contribution >= 4 is 11.7 Å². The van der Waals surface area contributed by atoms with Crippen LogP contribution in [0.2, 0.25) is 0 Å². The normalized spacial score (nSPS) is 10.5. The van der Waals surface area contributed by atoms with Gasteiger partial charge in [-0.2, -0.15) is 0 Å². The van der Waals surface area contributed by atoms with Crippen LogP contribution in [0.15, 0.2) is 49.1 Å². The summed E-state index contributed by atoms with van der Waals surface area (Å²) in [5.41, 5.74) is 1.70. The van der Waals surface area contributed by atoms with Gasteiger partial charge < -0.3 is 5.32 Å². The summed E-state index contributed by atoms with van der Waals surface area (Å²) in [5, 5.41) is 2.32. The number of amides is 1. The molecule has 0 aliphatic heterocycles. The molecule has 0 saturated carbocycles. The molecule has 2 heterocycles. The zero-order valence-corrected chi connectivity index (χ0v) is 12.6. The van der Waals surface area contributed by atoms with Crippen molar-refractivity contribution in [3.05, 3.63) is 71.8 Å². The lowest BCUT2D eigenvalue weighted by atomic mass is 10.1. The van der Waals surface area contributed by atoms with E-state index in [9.17, 15) is 13.6 Å². The van der Waals surface area contributed by atoms with E-state index in [1.807, 2.05) is 13.0 Å². The van der Waals surface area contributed by atoms with Gasteiger partial charge in [-0.15, -0.1) is 0 Å². The lowest BCUT2D eigenvalue weighted by molar-refractivity contribution is 0.101. The largest absolute Gasteiger partial charge is 0.305 e. The van der Waals surface area contributed by atoms with Crippen LogP contribution in [0.25, 0.3) is 11.3 Å². The average molecular weight is 326 g/mol. The van der Waals surface area contributed by atoms with Gasteiger partial charge in [0.15, 0.2) is 5.82 Å². The minimum absolute atomic E-state index is 0.0907. The number of nitrogens with one attached hydrogen (secondary N) is 1. The highest BCUT2D eigenvalue weighted by atomic mass is 19.1. The second kappa shape index (κ2) is 6.49. The first-order valence-electron chi connectivity index (χ1n) is 7.04. The van der Waals surface area contributed by atoms with E-state index in [0.29, 0.717) is 5.69 Å². The highest BCUT2D eigenvalue weighted by Gasteiger charge is 2.17. The van der Waals surface area contributed by atoms with Crippen LogP contribution < -0.4 is 5.32 Å². The molecule has 0 radical (unpaired) electrons. The second-order valence-electron chi connectivity index (χ2n) is 5.03. The molecule has 2 aromatic heterocycles. The fourth-order valence-corrected chi connectivity index (χ4v) is 2.16. The number of nitrogens with zero attached hydrogens (tertiary/aromatic N) is 3. The van der Waals surface area contributed by atoms with E-state index in [1.54, 1.807) is 12.4 Å². The molecular weight excluding hydrogens is 314 g/mol. The van der Waals surface area contributed by atoms with E-state index in [0.717, 1.165) is 23.3 Å². The van der Waals surface area contributed by atoms with Crippen LogP contribution in [-0.2, 0) is 0 Å². The predicted octanol–water partition coefficient (Wildman–Crippen LogP) is 3.38. The first-order valence-corrected chi connectivity index (χ1v) is 7.04. The molecule has 0 aliphatic rings. The predicted molar refractivity (Wildman–Crippen MR) is 84.3 cm³/mol. The molecule has 3 aromatic rings. The monoisotopic (exact) mass is 326 g/mol. The van der Waals surface area contributed by atoms with Crippen LogP contribution in [0, 0.1) is 18.6 Å². The molecule has 1 aromatic carbocycles. The van der Waals surface area contributed by atoms with Crippen LogP contribution in [0.4, 0.5) is 14.6 Å². The number of benzene rings is 1. The molecule has 120 valence electrons. The van der Waals surface area contributed by atoms with Crippen molar-refractivity contribution in [1.82, 2.24) is 15.0 Å². The topological polar surface area (TPSA) is 67.8 Å². The number of hydrogen-bond acceptors (Lipinski definition) is 4. The first-order chi connectivity index (χ1) is 11.6. The molecule has 3 rings (SSSR count). The van der Waals surface area contributed by atoms with Crippen molar-refractivity contribution < 1.29 is 13.6 Å². The van der Waals surface area contributed by atoms with E-state index in [4.69, 9.17) is 0 Å². The van der Waals surface area contributed by atoms with Crippen molar-refractivity contribution in [1.29, 1.82) is 0 Å². The molecule has 1 N–H and O–H groups in total. The molecule has 0 aliphatic carbocycles. The van der Waals surface area contributed by atoms with Crippen molar-refractivity contribution in [3.63, 3.8) is 0 Å². The zero-order valence-electron chi connectivity index (χ0n) is 12.6. The third-order valence-electron chi connectivity index (χ3n) is 3.40. The Balaban J connectivity index is 1.82. The number of carbonyl (C=O) groups excluding carboxylic acids is 1. The molecule has 24 heavy (non-hydrogen) atoms. The summed E-state index contributed by atoms with van der Waals surface area (Å²) in [7, 11) is 0. The highest BCUT2D eigenvalue weighted by Crippen LogP contribution is 2.20. The van der Waals surface area contributed by atoms with E-state index in [1.165, 1.54) is 18.5 Å². The van der Waals surface area contributed by atoms with E-state index < -0.39 is 23.1 Å². The standard InChI is InChI=1S/C17H12F2N4O/c1-10-5-6-20-7-11(10)14-8-22-15(9-21-14)23-17(24)16-12(18)3-2-4-13(16)19/h2-9H,1H3,(H,22,23,24). The Labute approximate surface area is 136 Å². The maximum Gasteiger partial charge on any atom is 0.262 e. The van der Waals surface area contributed by atoms with Crippen LogP contribution in [0.3, 0.4) is 0 Å². The number of hydrogen-bond donors (Lipinski definition) is 1. The lowest BCUT2D eigenvalue weighted by Gasteiger charge is -2.07. The van der Waals surface area contributed by atoms with Crippen molar-refractivity contribution in [2.45, 2.75) is 6.92 Å². The van der Waals surface area contributed by atoms with Crippen LogP contribution >= 0.6 is 0 Å². The van der Waals surface area contributed by atoms with Gasteiger partial charge in [-0.3, -0.25) is 14.8 Å². The maximum atomic E-state index is 13.6. The second-order valence-corrected chi connectivity index (χ2v) is 5.03. The van der Waals surface area contributed by atoms with Gasteiger partial charge in [-0.05, 0) is 30.7 Å². The summed E-state index contributed by atoms with van der Waals surface area (Å²) in [6.07, 6.45) is 6.10. The van der Waals surface area contributed by atoms with Gasteiger partial charge >= 0.3 is 0 Å². The molecule has 0 atom stereocenters. The molecule has 0 unspecified atom stereocenters. The molecule has 5 nitrogen and oxygen atoms in total. The Morgan fingerprint density at radius 1 is 1.04 bits per heavy atom. The van der Waals surface area contributed by atoms with E-state index in [-0.39, 0.29) is 5.82 Å². The fourth-order valence-electron chi connectivity index (χ4n) is 2.16. The van der Waals surface area contributed by atoms with Gasteiger partial charge in [0.05, 0.1) is 18.1 Å². The van der Waals surface area contributed by atoms with Crippen molar-refractivity contribution in [2.75, 3.05) is 5.32 Å². The van der Waals surface area contributed by atoms with Crippen molar-refractivity contribution in [2.24, 2.45) is 0 Å². The third kappa shape index (κ3) is 3.10. The minimum atomic E-state index is -0.942. The Bertz CT molecular complexity index is 877. The summed E-state index contributed by atoms with van der Waals surface area (Å²) in [6, 6.07) is 5.05. The fraction of sp³-hybridized carbons (Fsp3) is 0.0588. The van der Waals surface area contributed by atoms with Gasteiger partial charge in [-0.1, -0.05) is 6.07 Å². The van der Waals surface area contributed by atoms with Gasteiger partial charge in [0.1, 0.15) is 17.2 Å². The lowest BCUT2D eigenvalue weighted by Crippen LogP contribution is -2.16. The number of rotatable bonds is 3. The molecule has 1 amide bonds. The summed E-state index contributed by atoms with van der Waals surface area (Å²) in [5.74, 6) is -2.72. The summed E-state index contributed by atoms with van der Waals surface area (Å²) < 4.78 is 27.2. The van der Waals surface area contributed by atoms with E-state index in [2.05, 4.69) is 20.3 Å². The van der Waals surface area contributed by atoms with Crippen LogP contribution in [0.5, 0.6) is 0 Å². The first kappa shape index (κ1) is 15.7. The highest BCUT2D eigenvalue weighted by molar-refractivity contribution is 6.04. The number of halogens is 2. The zero-order chi connectivity index (χ0) is 17.1. The molecular formula is C17H12F2N4O. The van der Waals surface area contributed by atoms with Gasteiger partial charge in [0.25, 0.3) is 5.91 Å². The molecule has 0 bridgehead atoms. The Morgan fingerprint density at radius 3 is 2.42 bits per heavy atom. The number of pyridine rings is 1. The summed E-state index contributed by atoms with van der Waals surface area (Å²) in [6.45, 7) is 1.91. The van der Waals surface area contributed by atoms with Gasteiger partial charge in [0, 0.05) is 18.0 Å². The van der Waals surface area contributed by atoms with Gasteiger partial charge in [0.2, 0.25) is 0 Å². The van der Waals surface area contributed by atoms with Crippen LogP contribution in [0.1, 0.15) is 15.9 Å². The average Bonchev–Trinajstić information content (AvgIpc) is 2.56. The number of aromatic nitrogens is 3. The number of anilines is 1. The summed E-state index contributed by atoms with van der Waals surface area (Å²) in [4.78, 5) is 24.3. The minimum Gasteiger partial charge on any atom is -0.305 e. The third-order valence-corrected chi connectivity index (χ3v) is 3.40. The summed E-state index contributed by atoms with van der Waals surface area (Å²) >= 11 is 0. The smallest absolute Gasteiger partial charge is 0.262 e. The molecule has 0 spiro atoms. The Kier molecular flexibility index (Phi) is 4.24. The Morgan fingerprint density at radius 2 is 1.79 bits per heavy atom. The number of carbonyl (C=O) groups is 1. The quantitative estimate of drug-likeness (QED) is 0.801. The Hall–Kier alpha value is -3.22.